The summed E-state index contributed by atoms with van der Waals surface area (Å²) in [6, 6.07) is 10.1. The van der Waals surface area contributed by atoms with Crippen molar-refractivity contribution in [2.75, 3.05) is 18.4 Å². The lowest BCUT2D eigenvalue weighted by molar-refractivity contribution is -0.127. The number of fused-ring (bicyclic) bond motifs is 1. The van der Waals surface area contributed by atoms with Crippen LogP contribution in [0.1, 0.15) is 36.4 Å². The van der Waals surface area contributed by atoms with E-state index in [9.17, 15) is 14.0 Å². The molecule has 28 heavy (non-hydrogen) atoms. The quantitative estimate of drug-likeness (QED) is 0.852. The number of benzene rings is 1. The highest BCUT2D eigenvalue weighted by atomic mass is 19.1. The molecule has 1 fully saturated rings. The van der Waals surface area contributed by atoms with Crippen LogP contribution in [0.25, 0.3) is 0 Å². The Morgan fingerprint density at radius 1 is 1.25 bits per heavy atom. The normalized spacial score (nSPS) is 20.3. The van der Waals surface area contributed by atoms with Crippen LogP contribution in [0.4, 0.5) is 10.1 Å². The number of halogens is 1. The Hall–Kier alpha value is -2.80. The van der Waals surface area contributed by atoms with Gasteiger partial charge in [0.15, 0.2) is 0 Å². The van der Waals surface area contributed by atoms with Crippen molar-refractivity contribution in [3.8, 4) is 0 Å². The number of hydrogen-bond acceptors (Lipinski definition) is 4. The molecule has 2 aliphatic rings. The van der Waals surface area contributed by atoms with Crippen molar-refractivity contribution in [1.29, 1.82) is 0 Å². The number of carbonyl (C=O) groups excluding carboxylic acids is 2. The molecule has 2 aliphatic heterocycles. The highest BCUT2D eigenvalue weighted by molar-refractivity contribution is 6.01. The Kier molecular flexibility index (Phi) is 5.34. The molecule has 1 atom stereocenters. The van der Waals surface area contributed by atoms with Crippen LogP contribution < -0.4 is 10.6 Å². The van der Waals surface area contributed by atoms with Crippen LogP contribution in [0.5, 0.6) is 0 Å². The molecule has 2 N–H and O–H groups in total. The van der Waals surface area contributed by atoms with E-state index >= 15 is 0 Å². The number of pyridine rings is 1. The molecule has 0 unspecified atom stereocenters. The lowest BCUT2D eigenvalue weighted by atomic mass is 9.89. The molecule has 0 spiro atoms. The van der Waals surface area contributed by atoms with Crippen LogP contribution in [0, 0.1) is 5.82 Å². The molecule has 2 aromatic rings. The number of nitrogens with one attached hydrogen (secondary N) is 2. The molecular weight excluding hydrogens is 359 g/mol. The molecule has 0 saturated carbocycles. The van der Waals surface area contributed by atoms with E-state index in [-0.39, 0.29) is 24.3 Å². The Balaban J connectivity index is 1.35. The van der Waals surface area contributed by atoms with Gasteiger partial charge in [-0.15, -0.1) is 0 Å². The van der Waals surface area contributed by atoms with Crippen LogP contribution in [-0.2, 0) is 16.1 Å². The summed E-state index contributed by atoms with van der Waals surface area (Å²) in [6.45, 7) is 2.55. The monoisotopic (exact) mass is 382 g/mol. The van der Waals surface area contributed by atoms with Crippen molar-refractivity contribution in [3.05, 3.63) is 59.7 Å². The van der Waals surface area contributed by atoms with Gasteiger partial charge in [0.25, 0.3) is 0 Å². The van der Waals surface area contributed by atoms with Crippen LogP contribution in [0.3, 0.4) is 0 Å². The molecule has 3 heterocycles. The first-order chi connectivity index (χ1) is 13.6. The second-order valence-corrected chi connectivity index (χ2v) is 7.42. The summed E-state index contributed by atoms with van der Waals surface area (Å²) in [5.41, 5.74) is 2.10. The molecule has 0 radical (unpaired) electrons. The van der Waals surface area contributed by atoms with Crippen molar-refractivity contribution in [3.63, 3.8) is 0 Å². The average molecular weight is 382 g/mol. The topological polar surface area (TPSA) is 74.3 Å². The Morgan fingerprint density at radius 2 is 2.07 bits per heavy atom. The second-order valence-electron chi connectivity index (χ2n) is 7.42. The van der Waals surface area contributed by atoms with Crippen LogP contribution in [-0.4, -0.2) is 40.8 Å². The van der Waals surface area contributed by atoms with E-state index in [2.05, 4.69) is 20.5 Å². The summed E-state index contributed by atoms with van der Waals surface area (Å²) in [7, 11) is 0. The van der Waals surface area contributed by atoms with Crippen molar-refractivity contribution in [1.82, 2.24) is 15.2 Å². The lowest BCUT2D eigenvalue weighted by Gasteiger charge is -2.33. The van der Waals surface area contributed by atoms with E-state index < -0.39 is 11.7 Å². The van der Waals surface area contributed by atoms with Crippen LogP contribution >= 0.6 is 0 Å². The number of aromatic nitrogens is 1. The Morgan fingerprint density at radius 3 is 2.82 bits per heavy atom. The first-order valence-electron chi connectivity index (χ1n) is 9.60. The lowest BCUT2D eigenvalue weighted by Crippen LogP contribution is -2.46. The first kappa shape index (κ1) is 18.6. The maximum Gasteiger partial charge on any atom is 0.228 e. The van der Waals surface area contributed by atoms with E-state index in [4.69, 9.17) is 0 Å². The highest BCUT2D eigenvalue weighted by Gasteiger charge is 2.32. The van der Waals surface area contributed by atoms with Gasteiger partial charge < -0.3 is 10.6 Å². The predicted molar refractivity (Wildman–Crippen MR) is 103 cm³/mol. The van der Waals surface area contributed by atoms with Gasteiger partial charge in [-0.2, -0.15) is 0 Å². The summed E-state index contributed by atoms with van der Waals surface area (Å²) in [6.07, 6.45) is 3.52. The number of likely N-dealkylation sites (tertiary alicyclic amines) is 1. The number of carbonyl (C=O) groups is 2. The Labute approximate surface area is 163 Å². The molecular formula is C21H23FN4O2. The fraction of sp³-hybridized carbons (Fsp3) is 0.381. The molecule has 1 saturated heterocycles. The number of piperidine rings is 1. The standard InChI is InChI=1S/C21H23FN4O2/c22-14-4-5-19-17(11-14)18(12-20(27)25-19)21(28)24-15-6-9-26(10-7-15)13-16-3-1-2-8-23-16/h1-5,8,11,15,18H,6-7,9-10,12-13H2,(H,24,28)(H,25,27)/t18-/m1/s1. The molecule has 146 valence electrons. The smallest absolute Gasteiger partial charge is 0.228 e. The second kappa shape index (κ2) is 8.06. The molecule has 1 aromatic carbocycles. The van der Waals surface area contributed by atoms with Crippen LogP contribution in [0.15, 0.2) is 42.6 Å². The molecule has 0 bridgehead atoms. The van der Waals surface area contributed by atoms with Gasteiger partial charge in [0.2, 0.25) is 11.8 Å². The SMILES string of the molecule is O=C1C[C@@H](C(=O)NC2CCN(Cc3ccccn3)CC2)c2cc(F)ccc2N1. The summed E-state index contributed by atoms with van der Waals surface area (Å²) >= 11 is 0. The van der Waals surface area contributed by atoms with Gasteiger partial charge in [0.05, 0.1) is 11.6 Å². The van der Waals surface area contributed by atoms with E-state index in [1.807, 2.05) is 18.2 Å². The Bertz CT molecular complexity index is 866. The molecule has 0 aliphatic carbocycles. The zero-order chi connectivity index (χ0) is 19.5. The number of anilines is 1. The first-order valence-corrected chi connectivity index (χ1v) is 9.60. The summed E-state index contributed by atoms with van der Waals surface area (Å²) < 4.78 is 13.7. The largest absolute Gasteiger partial charge is 0.353 e. The van der Waals surface area contributed by atoms with Crippen molar-refractivity contribution < 1.29 is 14.0 Å². The van der Waals surface area contributed by atoms with Gasteiger partial charge in [-0.25, -0.2) is 4.39 Å². The third kappa shape index (κ3) is 4.20. The van der Waals surface area contributed by atoms with E-state index in [1.54, 1.807) is 6.20 Å². The van der Waals surface area contributed by atoms with Gasteiger partial charge in [0, 0.05) is 44.0 Å². The molecule has 1 aromatic heterocycles. The van der Waals surface area contributed by atoms with Gasteiger partial charge in [-0.1, -0.05) is 6.07 Å². The maximum atomic E-state index is 13.7. The minimum atomic E-state index is -0.647. The maximum absolute atomic E-state index is 13.7. The fourth-order valence-electron chi connectivity index (χ4n) is 3.92. The minimum absolute atomic E-state index is 0.0425. The third-order valence-electron chi connectivity index (χ3n) is 5.41. The molecule has 7 heteroatoms. The van der Waals surface area contributed by atoms with E-state index in [0.717, 1.165) is 38.2 Å². The number of hydrogen-bond donors (Lipinski definition) is 2. The number of nitrogens with zero attached hydrogens (tertiary/aromatic N) is 2. The fourth-order valence-corrected chi connectivity index (χ4v) is 3.92. The average Bonchev–Trinajstić information content (AvgIpc) is 2.70. The van der Waals surface area contributed by atoms with E-state index in [1.165, 1.54) is 18.2 Å². The number of rotatable bonds is 4. The highest BCUT2D eigenvalue weighted by Crippen LogP contribution is 2.33. The molecule has 4 rings (SSSR count). The van der Waals surface area contributed by atoms with Crippen LogP contribution in [0.2, 0.25) is 0 Å². The van der Waals surface area contributed by atoms with Crippen molar-refractivity contribution in [2.45, 2.75) is 37.8 Å². The zero-order valence-corrected chi connectivity index (χ0v) is 15.5. The number of amides is 2. The van der Waals surface area contributed by atoms with E-state index in [0.29, 0.717) is 11.3 Å². The van der Waals surface area contributed by atoms with Gasteiger partial charge >= 0.3 is 0 Å². The third-order valence-corrected chi connectivity index (χ3v) is 5.41. The van der Waals surface area contributed by atoms with Gasteiger partial charge in [0.1, 0.15) is 5.82 Å². The van der Waals surface area contributed by atoms with Gasteiger partial charge in [-0.05, 0) is 48.7 Å². The summed E-state index contributed by atoms with van der Waals surface area (Å²) in [4.78, 5) is 31.4. The van der Waals surface area contributed by atoms with Crippen molar-refractivity contribution >= 4 is 17.5 Å². The minimum Gasteiger partial charge on any atom is -0.353 e. The summed E-state index contributed by atoms with van der Waals surface area (Å²) in [5.74, 6) is -1.48. The predicted octanol–water partition coefficient (Wildman–Crippen LogP) is 2.43. The zero-order valence-electron chi connectivity index (χ0n) is 15.5. The molecule has 2 amide bonds. The van der Waals surface area contributed by atoms with Crippen molar-refractivity contribution in [2.24, 2.45) is 0 Å². The van der Waals surface area contributed by atoms with Gasteiger partial charge in [-0.3, -0.25) is 19.5 Å². The summed E-state index contributed by atoms with van der Waals surface area (Å²) in [5, 5.41) is 5.78. The molecule has 6 nitrogen and oxygen atoms in total.